The maximum absolute atomic E-state index is 12.1. The van der Waals surface area contributed by atoms with Crippen LogP contribution < -0.4 is 0 Å². The second kappa shape index (κ2) is 17.7. The number of esters is 5. The summed E-state index contributed by atoms with van der Waals surface area (Å²) in [6.45, 7) is 5.84. The molecule has 0 spiro atoms. The monoisotopic (exact) mass is 530 g/mol. The van der Waals surface area contributed by atoms with E-state index in [0.29, 0.717) is 0 Å². The first kappa shape index (κ1) is 33.4. The Kier molecular flexibility index (Phi) is 16.0. The van der Waals surface area contributed by atoms with Crippen molar-refractivity contribution in [1.29, 1.82) is 0 Å². The summed E-state index contributed by atoms with van der Waals surface area (Å²) < 4.78 is 25.1. The van der Waals surface area contributed by atoms with Crippen LogP contribution >= 0.6 is 0 Å². The number of hydrogen-bond acceptors (Lipinski definition) is 13. The van der Waals surface area contributed by atoms with E-state index in [4.69, 9.17) is 23.7 Å². The highest BCUT2D eigenvalue weighted by Crippen LogP contribution is 2.08. The minimum absolute atomic E-state index is 0.0790. The number of rotatable bonds is 18. The predicted octanol–water partition coefficient (Wildman–Crippen LogP) is 0.956. The quantitative estimate of drug-likeness (QED) is 0.139. The third-order valence-corrected chi connectivity index (χ3v) is 4.18. The molecule has 13 nitrogen and oxygen atoms in total. The van der Waals surface area contributed by atoms with Crippen molar-refractivity contribution in [2.45, 2.75) is 91.5 Å². The maximum Gasteiger partial charge on any atom is 0.313 e. The topological polar surface area (TPSA) is 183 Å². The highest BCUT2D eigenvalue weighted by Gasteiger charge is 2.22. The van der Waals surface area contributed by atoms with Gasteiger partial charge < -0.3 is 23.7 Å². The van der Waals surface area contributed by atoms with E-state index in [9.17, 15) is 38.4 Å². The van der Waals surface area contributed by atoms with Crippen LogP contribution in [0.5, 0.6) is 0 Å². The van der Waals surface area contributed by atoms with Gasteiger partial charge in [-0.3, -0.25) is 38.4 Å². The van der Waals surface area contributed by atoms with Crippen molar-refractivity contribution in [2.75, 3.05) is 13.2 Å². The van der Waals surface area contributed by atoms with Crippen molar-refractivity contribution < 1.29 is 62.0 Å². The zero-order valence-electron chi connectivity index (χ0n) is 21.7. The molecule has 0 aliphatic heterocycles. The summed E-state index contributed by atoms with van der Waals surface area (Å²) >= 11 is 0. The average molecular weight is 531 g/mol. The minimum Gasteiger partial charge on any atom is -0.465 e. The number of carbonyl (C=O) groups is 8. The van der Waals surface area contributed by atoms with Gasteiger partial charge >= 0.3 is 29.8 Å². The first-order chi connectivity index (χ1) is 17.2. The molecule has 0 saturated carbocycles. The fourth-order valence-corrected chi connectivity index (χ4v) is 2.71. The Morgan fingerprint density at radius 3 is 1.32 bits per heavy atom. The Morgan fingerprint density at radius 1 is 0.541 bits per heavy atom. The van der Waals surface area contributed by atoms with Gasteiger partial charge in [0.15, 0.2) is 0 Å². The van der Waals surface area contributed by atoms with Crippen molar-refractivity contribution in [3.63, 3.8) is 0 Å². The molecule has 0 saturated heterocycles. The van der Waals surface area contributed by atoms with E-state index in [1.807, 2.05) is 0 Å². The molecule has 208 valence electrons. The van der Waals surface area contributed by atoms with Crippen LogP contribution in [0.25, 0.3) is 0 Å². The highest BCUT2D eigenvalue weighted by atomic mass is 16.6. The smallest absolute Gasteiger partial charge is 0.313 e. The van der Waals surface area contributed by atoms with E-state index in [2.05, 4.69) is 0 Å². The van der Waals surface area contributed by atoms with E-state index >= 15 is 0 Å². The van der Waals surface area contributed by atoms with Gasteiger partial charge in [-0.05, 0) is 34.6 Å². The van der Waals surface area contributed by atoms with Crippen LogP contribution in [0.15, 0.2) is 0 Å². The van der Waals surface area contributed by atoms with Crippen LogP contribution in [0.3, 0.4) is 0 Å². The zero-order chi connectivity index (χ0) is 28.5. The molecule has 0 aliphatic carbocycles. The highest BCUT2D eigenvalue weighted by molar-refractivity contribution is 5.95. The van der Waals surface area contributed by atoms with E-state index in [1.165, 1.54) is 34.6 Å². The minimum atomic E-state index is -1.05. The van der Waals surface area contributed by atoms with Crippen molar-refractivity contribution in [1.82, 2.24) is 0 Å². The number of hydrogen-bond donors (Lipinski definition) is 0. The largest absolute Gasteiger partial charge is 0.465 e. The molecule has 0 fully saturated rings. The summed E-state index contributed by atoms with van der Waals surface area (Å²) in [7, 11) is 0. The number of carbonyl (C=O) groups excluding carboxylic acids is 8. The van der Waals surface area contributed by atoms with Crippen LogP contribution in [0.2, 0.25) is 0 Å². The Morgan fingerprint density at radius 2 is 0.919 bits per heavy atom. The van der Waals surface area contributed by atoms with Gasteiger partial charge in [0.2, 0.25) is 0 Å². The van der Waals surface area contributed by atoms with Gasteiger partial charge in [-0.1, -0.05) is 0 Å². The Balaban J connectivity index is 4.71. The Hall–Kier alpha value is -3.64. The van der Waals surface area contributed by atoms with Gasteiger partial charge in [0.05, 0.1) is 19.4 Å². The van der Waals surface area contributed by atoms with E-state index in [1.54, 1.807) is 0 Å². The van der Waals surface area contributed by atoms with E-state index in [-0.39, 0.29) is 37.4 Å². The molecule has 0 aliphatic rings. The lowest BCUT2D eigenvalue weighted by Gasteiger charge is -2.19. The third-order valence-electron chi connectivity index (χ3n) is 4.18. The molecule has 0 rings (SSSR count). The number of ether oxygens (including phenoxy) is 5. The summed E-state index contributed by atoms with van der Waals surface area (Å²) in [6.07, 6.45) is -4.79. The van der Waals surface area contributed by atoms with Gasteiger partial charge in [0, 0.05) is 6.42 Å². The Labute approximate surface area is 214 Å². The second-order valence-corrected chi connectivity index (χ2v) is 8.45. The van der Waals surface area contributed by atoms with Crippen molar-refractivity contribution in [3.8, 4) is 0 Å². The summed E-state index contributed by atoms with van der Waals surface area (Å²) in [4.78, 5) is 91.9. The molecule has 0 aromatic carbocycles. The molecule has 0 aromatic heterocycles. The van der Waals surface area contributed by atoms with Crippen LogP contribution in [-0.2, 0) is 62.0 Å². The van der Waals surface area contributed by atoms with Gasteiger partial charge in [-0.2, -0.15) is 0 Å². The SMILES string of the molecule is CC(=O)CC(=O)OC(C)CC(=O)OCCC(COC(=O)CC(C)OC(=O)CC(C)=O)OC(=O)CC(C)=O. The Bertz CT molecular complexity index is 861. The van der Waals surface area contributed by atoms with Gasteiger partial charge in [0.1, 0.15) is 61.5 Å². The van der Waals surface area contributed by atoms with Crippen molar-refractivity contribution in [3.05, 3.63) is 0 Å². The normalized spacial score (nSPS) is 12.8. The molecule has 0 N–H and O–H groups in total. The van der Waals surface area contributed by atoms with Crippen LogP contribution in [-0.4, -0.2) is 78.7 Å². The van der Waals surface area contributed by atoms with Crippen LogP contribution in [0.1, 0.15) is 73.1 Å². The molecule has 0 radical (unpaired) electrons. The fraction of sp³-hybridized carbons (Fsp3) is 0.667. The molecule has 3 atom stereocenters. The van der Waals surface area contributed by atoms with Crippen molar-refractivity contribution >= 4 is 47.2 Å². The van der Waals surface area contributed by atoms with Gasteiger partial charge in [-0.25, -0.2) is 0 Å². The molecule has 37 heavy (non-hydrogen) atoms. The van der Waals surface area contributed by atoms with Crippen LogP contribution in [0, 0.1) is 0 Å². The van der Waals surface area contributed by atoms with Gasteiger partial charge in [0.25, 0.3) is 0 Å². The number of ketones is 3. The summed E-state index contributed by atoms with van der Waals surface area (Å²) in [5, 5.41) is 0. The molecule has 0 bridgehead atoms. The molecule has 13 heteroatoms. The lowest BCUT2D eigenvalue weighted by atomic mass is 10.2. The maximum atomic E-state index is 12.1. The third kappa shape index (κ3) is 19.3. The lowest BCUT2D eigenvalue weighted by Crippen LogP contribution is -2.29. The molecular formula is C24H34O13. The first-order valence-corrected chi connectivity index (χ1v) is 11.6. The van der Waals surface area contributed by atoms with E-state index in [0.717, 1.165) is 0 Å². The average Bonchev–Trinajstić information content (AvgIpc) is 2.69. The molecule has 3 unspecified atom stereocenters. The fourth-order valence-electron chi connectivity index (χ4n) is 2.71. The zero-order valence-corrected chi connectivity index (χ0v) is 21.7. The van der Waals surface area contributed by atoms with E-state index < -0.39 is 79.8 Å². The second-order valence-electron chi connectivity index (χ2n) is 8.45. The number of Topliss-reactive ketones (excluding diaryl/α,β-unsaturated/α-hetero) is 3. The first-order valence-electron chi connectivity index (χ1n) is 11.6. The summed E-state index contributed by atoms with van der Waals surface area (Å²) in [6, 6.07) is 0. The predicted molar refractivity (Wildman–Crippen MR) is 123 cm³/mol. The summed E-state index contributed by atoms with van der Waals surface area (Å²) in [5.41, 5.74) is 0. The molecule has 0 heterocycles. The van der Waals surface area contributed by atoms with Crippen molar-refractivity contribution in [2.24, 2.45) is 0 Å². The van der Waals surface area contributed by atoms with Gasteiger partial charge in [-0.15, -0.1) is 0 Å². The van der Waals surface area contributed by atoms with Crippen LogP contribution in [0.4, 0.5) is 0 Å². The molecule has 0 aromatic rings. The molecule has 0 amide bonds. The summed E-state index contributed by atoms with van der Waals surface area (Å²) in [5.74, 6) is -5.14. The lowest BCUT2D eigenvalue weighted by molar-refractivity contribution is -0.165. The standard InChI is InChI=1S/C24H34O13/c1-14(25)8-22(30)35-17(4)11-20(28)33-7-6-19(37-24(32)10-16(3)27)13-34-21(29)12-18(5)36-23(31)9-15(2)26/h17-19H,6-13H2,1-5H3. The molecular weight excluding hydrogens is 496 g/mol.